The zero-order valence-electron chi connectivity index (χ0n) is 7.36. The Bertz CT molecular complexity index is 170. The molecule has 0 aromatic rings. The van der Waals surface area contributed by atoms with Gasteiger partial charge in [0.15, 0.2) is 0 Å². The molecule has 0 radical (unpaired) electrons. The molecule has 1 aliphatic rings. The highest BCUT2D eigenvalue weighted by atomic mass is 16.3. The van der Waals surface area contributed by atoms with E-state index in [0.29, 0.717) is 6.54 Å². The van der Waals surface area contributed by atoms with Crippen molar-refractivity contribution in [3.05, 3.63) is 0 Å². The third-order valence-corrected chi connectivity index (χ3v) is 2.25. The second kappa shape index (κ2) is 3.87. The van der Waals surface area contributed by atoms with Crippen LogP contribution in [-0.2, 0) is 4.79 Å². The van der Waals surface area contributed by atoms with Crippen molar-refractivity contribution in [1.29, 1.82) is 0 Å². The fourth-order valence-electron chi connectivity index (χ4n) is 1.47. The number of likely N-dealkylation sites (tertiary alicyclic amines) is 1. The van der Waals surface area contributed by atoms with E-state index >= 15 is 0 Å². The van der Waals surface area contributed by atoms with Gasteiger partial charge in [0.2, 0.25) is 5.91 Å². The van der Waals surface area contributed by atoms with Gasteiger partial charge in [0.05, 0.1) is 6.04 Å². The first-order chi connectivity index (χ1) is 5.65. The Morgan fingerprint density at radius 1 is 1.83 bits per heavy atom. The first-order valence-electron chi connectivity index (χ1n) is 4.30. The summed E-state index contributed by atoms with van der Waals surface area (Å²) in [6, 6.07) is -0.414. The lowest BCUT2D eigenvalue weighted by molar-refractivity contribution is -0.131. The van der Waals surface area contributed by atoms with Gasteiger partial charge < -0.3 is 15.7 Å². The Balaban J connectivity index is 2.41. The molecule has 1 aliphatic heterocycles. The number of rotatable bonds is 2. The molecule has 4 nitrogen and oxygen atoms in total. The Hall–Kier alpha value is -0.610. The van der Waals surface area contributed by atoms with Crippen molar-refractivity contribution in [1.82, 2.24) is 4.90 Å². The van der Waals surface area contributed by atoms with Crippen molar-refractivity contribution in [3.63, 3.8) is 0 Å². The molecule has 1 heterocycles. The smallest absolute Gasteiger partial charge is 0.239 e. The minimum atomic E-state index is -0.414. The molecule has 3 N–H and O–H groups in total. The minimum Gasteiger partial charge on any atom is -0.396 e. The predicted octanol–water partition coefficient (Wildman–Crippen LogP) is -0.826. The van der Waals surface area contributed by atoms with Gasteiger partial charge >= 0.3 is 0 Å². The summed E-state index contributed by atoms with van der Waals surface area (Å²) in [7, 11) is 0. The average Bonchev–Trinajstić information content (AvgIpc) is 2.50. The molecule has 0 aromatic carbocycles. The van der Waals surface area contributed by atoms with Crippen LogP contribution >= 0.6 is 0 Å². The Morgan fingerprint density at radius 2 is 2.50 bits per heavy atom. The number of hydrogen-bond acceptors (Lipinski definition) is 3. The van der Waals surface area contributed by atoms with Crippen LogP contribution < -0.4 is 5.73 Å². The third-order valence-electron chi connectivity index (χ3n) is 2.25. The number of carbonyl (C=O) groups excluding carboxylic acids is 1. The van der Waals surface area contributed by atoms with Gasteiger partial charge in [0, 0.05) is 25.6 Å². The second-order valence-electron chi connectivity index (χ2n) is 3.41. The molecule has 2 atom stereocenters. The van der Waals surface area contributed by atoms with Crippen LogP contribution in [0.15, 0.2) is 0 Å². The molecule has 12 heavy (non-hydrogen) atoms. The first kappa shape index (κ1) is 9.48. The van der Waals surface area contributed by atoms with Crippen molar-refractivity contribution in [2.24, 2.45) is 11.7 Å². The lowest BCUT2D eigenvalue weighted by atomic mass is 10.1. The molecular weight excluding hydrogens is 156 g/mol. The van der Waals surface area contributed by atoms with E-state index in [0.717, 1.165) is 13.0 Å². The molecule has 0 bridgehead atoms. The van der Waals surface area contributed by atoms with Crippen LogP contribution in [0.4, 0.5) is 0 Å². The van der Waals surface area contributed by atoms with Crippen LogP contribution in [0.3, 0.4) is 0 Å². The molecule has 0 aliphatic carbocycles. The van der Waals surface area contributed by atoms with Gasteiger partial charge in [-0.1, -0.05) is 0 Å². The molecule has 70 valence electrons. The van der Waals surface area contributed by atoms with Crippen molar-refractivity contribution in [3.8, 4) is 0 Å². The van der Waals surface area contributed by atoms with Gasteiger partial charge in [-0.05, 0) is 13.3 Å². The summed E-state index contributed by atoms with van der Waals surface area (Å²) < 4.78 is 0. The zero-order chi connectivity index (χ0) is 9.14. The van der Waals surface area contributed by atoms with Gasteiger partial charge in [-0.2, -0.15) is 0 Å². The first-order valence-corrected chi connectivity index (χ1v) is 4.30. The fraction of sp³-hybridized carbons (Fsp3) is 0.875. The van der Waals surface area contributed by atoms with Crippen molar-refractivity contribution < 1.29 is 9.90 Å². The summed E-state index contributed by atoms with van der Waals surface area (Å²) in [6.07, 6.45) is 0.898. The molecule has 0 aromatic heterocycles. The lowest BCUT2D eigenvalue weighted by Crippen LogP contribution is -2.40. The number of hydrogen-bond donors (Lipinski definition) is 2. The highest BCUT2D eigenvalue weighted by Crippen LogP contribution is 2.15. The maximum absolute atomic E-state index is 11.3. The van der Waals surface area contributed by atoms with Crippen LogP contribution in [0.1, 0.15) is 13.3 Å². The van der Waals surface area contributed by atoms with E-state index in [1.807, 2.05) is 0 Å². The van der Waals surface area contributed by atoms with E-state index in [1.165, 1.54) is 0 Å². The lowest BCUT2D eigenvalue weighted by Gasteiger charge is -2.18. The third kappa shape index (κ3) is 1.95. The Kier molecular flexibility index (Phi) is 3.05. The van der Waals surface area contributed by atoms with Crippen LogP contribution in [0, 0.1) is 5.92 Å². The summed E-state index contributed by atoms with van der Waals surface area (Å²) in [5, 5.41) is 8.83. The number of amides is 1. The highest BCUT2D eigenvalue weighted by Gasteiger charge is 2.26. The molecule has 1 saturated heterocycles. The summed E-state index contributed by atoms with van der Waals surface area (Å²) in [5.74, 6) is 0.249. The normalized spacial score (nSPS) is 25.9. The van der Waals surface area contributed by atoms with E-state index in [4.69, 9.17) is 10.8 Å². The van der Waals surface area contributed by atoms with Crippen LogP contribution in [0.25, 0.3) is 0 Å². The molecule has 1 rings (SSSR count). The van der Waals surface area contributed by atoms with E-state index in [2.05, 4.69) is 0 Å². The Labute approximate surface area is 72.3 Å². The number of nitrogens with two attached hydrogens (primary N) is 1. The maximum Gasteiger partial charge on any atom is 0.239 e. The average molecular weight is 172 g/mol. The maximum atomic E-state index is 11.3. The van der Waals surface area contributed by atoms with Crippen molar-refractivity contribution in [2.75, 3.05) is 19.7 Å². The van der Waals surface area contributed by atoms with E-state index in [9.17, 15) is 4.79 Å². The largest absolute Gasteiger partial charge is 0.396 e. The highest BCUT2D eigenvalue weighted by molar-refractivity contribution is 5.81. The predicted molar refractivity (Wildman–Crippen MR) is 45.4 cm³/mol. The molecule has 0 spiro atoms. The van der Waals surface area contributed by atoms with Crippen molar-refractivity contribution >= 4 is 5.91 Å². The van der Waals surface area contributed by atoms with Gasteiger partial charge in [0.25, 0.3) is 0 Å². The van der Waals surface area contributed by atoms with Gasteiger partial charge in [-0.25, -0.2) is 0 Å². The molecular formula is C8H16N2O2. The number of aliphatic hydroxyl groups is 1. The summed E-state index contributed by atoms with van der Waals surface area (Å²) in [4.78, 5) is 13.1. The van der Waals surface area contributed by atoms with Crippen LogP contribution in [0.2, 0.25) is 0 Å². The van der Waals surface area contributed by atoms with Gasteiger partial charge in [-0.15, -0.1) is 0 Å². The molecule has 1 fully saturated rings. The SMILES string of the molecule is C[C@H](N)C(=O)N1CC[C@H](CO)C1. The number of aliphatic hydroxyl groups excluding tert-OH is 1. The molecule has 1 amide bonds. The van der Waals surface area contributed by atoms with E-state index in [1.54, 1.807) is 11.8 Å². The monoisotopic (exact) mass is 172 g/mol. The quantitative estimate of drug-likeness (QED) is 0.571. The minimum absolute atomic E-state index is 0.00838. The topological polar surface area (TPSA) is 66.6 Å². The Morgan fingerprint density at radius 3 is 2.92 bits per heavy atom. The summed E-state index contributed by atoms with van der Waals surface area (Å²) in [6.45, 7) is 3.26. The standard InChI is InChI=1S/C8H16N2O2/c1-6(9)8(12)10-3-2-7(4-10)5-11/h6-7,11H,2-5,9H2,1H3/t6-,7-/m0/s1. The molecule has 0 unspecified atom stereocenters. The van der Waals surface area contributed by atoms with E-state index in [-0.39, 0.29) is 18.4 Å². The zero-order valence-corrected chi connectivity index (χ0v) is 7.36. The van der Waals surface area contributed by atoms with E-state index < -0.39 is 6.04 Å². The number of carbonyl (C=O) groups is 1. The van der Waals surface area contributed by atoms with Crippen LogP contribution in [0.5, 0.6) is 0 Å². The molecule has 4 heteroatoms. The second-order valence-corrected chi connectivity index (χ2v) is 3.41. The fourth-order valence-corrected chi connectivity index (χ4v) is 1.47. The number of nitrogens with zero attached hydrogens (tertiary/aromatic N) is 1. The van der Waals surface area contributed by atoms with Crippen molar-refractivity contribution in [2.45, 2.75) is 19.4 Å². The van der Waals surface area contributed by atoms with Gasteiger partial charge in [0.1, 0.15) is 0 Å². The van der Waals surface area contributed by atoms with Crippen LogP contribution in [-0.4, -0.2) is 41.7 Å². The molecule has 0 saturated carbocycles. The summed E-state index contributed by atoms with van der Waals surface area (Å²) >= 11 is 0. The summed E-state index contributed by atoms with van der Waals surface area (Å²) in [5.41, 5.74) is 5.45. The van der Waals surface area contributed by atoms with Gasteiger partial charge in [-0.3, -0.25) is 4.79 Å².